The molecule has 0 fully saturated rings. The van der Waals surface area contributed by atoms with E-state index in [2.05, 4.69) is 5.32 Å². The Bertz CT molecular complexity index is 852. The number of carbonyl (C=O) groups is 2. The number of hydrogen-bond acceptors (Lipinski definition) is 6. The third-order valence-electron chi connectivity index (χ3n) is 4.75. The van der Waals surface area contributed by atoms with Crippen molar-refractivity contribution in [2.45, 2.75) is 45.3 Å². The van der Waals surface area contributed by atoms with Gasteiger partial charge >= 0.3 is 5.97 Å². The molecule has 7 heteroatoms. The lowest BCUT2D eigenvalue weighted by molar-refractivity contribution is -0.129. The first-order chi connectivity index (χ1) is 13.1. The molecular formula is C20H21NO5S. The van der Waals surface area contributed by atoms with Gasteiger partial charge in [-0.25, -0.2) is 4.79 Å². The molecule has 2 aliphatic rings. The lowest BCUT2D eigenvalue weighted by Crippen LogP contribution is -2.35. The second-order valence-electron chi connectivity index (χ2n) is 6.72. The van der Waals surface area contributed by atoms with E-state index in [4.69, 9.17) is 14.2 Å². The van der Waals surface area contributed by atoms with E-state index in [0.29, 0.717) is 22.9 Å². The third kappa shape index (κ3) is 3.93. The fourth-order valence-electron chi connectivity index (χ4n) is 3.25. The fourth-order valence-corrected chi connectivity index (χ4v) is 4.38. The molecule has 0 bridgehead atoms. The second-order valence-corrected chi connectivity index (χ2v) is 7.86. The smallest absolute Gasteiger partial charge is 0.349 e. The van der Waals surface area contributed by atoms with Crippen molar-refractivity contribution in [1.29, 1.82) is 0 Å². The van der Waals surface area contributed by atoms with Crippen molar-refractivity contribution < 1.29 is 23.8 Å². The van der Waals surface area contributed by atoms with Crippen LogP contribution >= 0.6 is 11.3 Å². The number of benzene rings is 1. The molecule has 142 valence electrons. The Morgan fingerprint density at radius 3 is 2.85 bits per heavy atom. The van der Waals surface area contributed by atoms with Crippen LogP contribution in [0.2, 0.25) is 0 Å². The summed E-state index contributed by atoms with van der Waals surface area (Å²) in [6, 6.07) is 7.42. The highest BCUT2D eigenvalue weighted by Gasteiger charge is 2.23. The molecule has 0 spiro atoms. The Kier molecular flexibility index (Phi) is 5.03. The van der Waals surface area contributed by atoms with Crippen molar-refractivity contribution in [1.82, 2.24) is 5.32 Å². The van der Waals surface area contributed by atoms with Crippen molar-refractivity contribution >= 4 is 23.2 Å². The van der Waals surface area contributed by atoms with Crippen LogP contribution in [0, 0.1) is 0 Å². The minimum Gasteiger partial charge on any atom is -0.454 e. The number of aryl methyl sites for hydroxylation is 2. The predicted octanol–water partition coefficient (Wildman–Crippen LogP) is 3.22. The third-order valence-corrected chi connectivity index (χ3v) is 5.97. The Morgan fingerprint density at radius 1 is 1.19 bits per heavy atom. The molecule has 0 saturated carbocycles. The quantitative estimate of drug-likeness (QED) is 0.798. The molecule has 0 saturated heterocycles. The number of ether oxygens (including phenoxy) is 3. The van der Waals surface area contributed by atoms with Crippen LogP contribution < -0.4 is 14.8 Å². The summed E-state index contributed by atoms with van der Waals surface area (Å²) in [4.78, 5) is 26.5. The van der Waals surface area contributed by atoms with Crippen LogP contribution in [0.5, 0.6) is 11.5 Å². The number of esters is 1. The van der Waals surface area contributed by atoms with Gasteiger partial charge in [0.25, 0.3) is 5.91 Å². The number of amides is 1. The van der Waals surface area contributed by atoms with Crippen LogP contribution in [0.1, 0.15) is 45.4 Å². The van der Waals surface area contributed by atoms with Gasteiger partial charge in [-0.2, -0.15) is 0 Å². The average molecular weight is 387 g/mol. The van der Waals surface area contributed by atoms with E-state index in [1.165, 1.54) is 28.2 Å². The van der Waals surface area contributed by atoms with Crippen molar-refractivity contribution in [2.24, 2.45) is 0 Å². The molecule has 27 heavy (non-hydrogen) atoms. The van der Waals surface area contributed by atoms with E-state index in [9.17, 15) is 9.59 Å². The molecule has 1 aliphatic carbocycles. The van der Waals surface area contributed by atoms with E-state index >= 15 is 0 Å². The lowest BCUT2D eigenvalue weighted by atomic mass is 9.99. The van der Waals surface area contributed by atoms with E-state index in [0.717, 1.165) is 24.8 Å². The zero-order chi connectivity index (χ0) is 18.8. The predicted molar refractivity (Wildman–Crippen MR) is 100 cm³/mol. The average Bonchev–Trinajstić information content (AvgIpc) is 3.31. The fraction of sp³-hybridized carbons (Fsp3) is 0.400. The minimum absolute atomic E-state index is 0.213. The van der Waals surface area contributed by atoms with E-state index in [1.807, 2.05) is 24.3 Å². The standard InChI is InChI=1S/C20H21NO5S/c1-12(26-20(23)18-9-14-4-2-3-5-17(14)27-18)19(22)21-10-13-6-7-15-16(8-13)25-11-24-15/h6-9,12H,2-5,10-11H2,1H3,(H,21,22). The Hall–Kier alpha value is -2.54. The maximum Gasteiger partial charge on any atom is 0.349 e. The normalized spacial score (nSPS) is 15.7. The maximum atomic E-state index is 12.4. The molecule has 2 heterocycles. The highest BCUT2D eigenvalue weighted by molar-refractivity contribution is 7.14. The Labute approximate surface area is 161 Å². The van der Waals surface area contributed by atoms with Crippen LogP contribution in [0.3, 0.4) is 0 Å². The van der Waals surface area contributed by atoms with Crippen LogP contribution in [0.15, 0.2) is 24.3 Å². The molecule has 1 aliphatic heterocycles. The van der Waals surface area contributed by atoms with Gasteiger partial charge in [0, 0.05) is 11.4 Å². The summed E-state index contributed by atoms with van der Waals surface area (Å²) in [6.45, 7) is 2.12. The van der Waals surface area contributed by atoms with Gasteiger partial charge in [0.2, 0.25) is 6.79 Å². The van der Waals surface area contributed by atoms with E-state index in [1.54, 1.807) is 6.92 Å². The van der Waals surface area contributed by atoms with Crippen LogP contribution in [0.25, 0.3) is 0 Å². The summed E-state index contributed by atoms with van der Waals surface area (Å²) in [7, 11) is 0. The topological polar surface area (TPSA) is 73.9 Å². The molecule has 6 nitrogen and oxygen atoms in total. The Morgan fingerprint density at radius 2 is 2.00 bits per heavy atom. The molecule has 1 amide bonds. The van der Waals surface area contributed by atoms with E-state index < -0.39 is 12.1 Å². The largest absolute Gasteiger partial charge is 0.454 e. The number of hydrogen-bond donors (Lipinski definition) is 1. The molecule has 1 unspecified atom stereocenters. The van der Waals surface area contributed by atoms with Crippen molar-refractivity contribution in [3.05, 3.63) is 45.1 Å². The van der Waals surface area contributed by atoms with Crippen molar-refractivity contribution in [3.8, 4) is 11.5 Å². The monoisotopic (exact) mass is 387 g/mol. The molecular weight excluding hydrogens is 366 g/mol. The van der Waals surface area contributed by atoms with Gasteiger partial charge in [-0.3, -0.25) is 4.79 Å². The van der Waals surface area contributed by atoms with Gasteiger partial charge < -0.3 is 19.5 Å². The van der Waals surface area contributed by atoms with Gasteiger partial charge in [-0.1, -0.05) is 6.07 Å². The summed E-state index contributed by atoms with van der Waals surface area (Å²) in [5.41, 5.74) is 2.13. The zero-order valence-corrected chi connectivity index (χ0v) is 15.9. The summed E-state index contributed by atoms with van der Waals surface area (Å²) in [6.07, 6.45) is 3.52. The molecule has 1 N–H and O–H groups in total. The first-order valence-corrected chi connectivity index (χ1v) is 9.90. The molecule has 2 aromatic rings. The molecule has 1 atom stereocenters. The number of carbonyl (C=O) groups excluding carboxylic acids is 2. The Balaban J connectivity index is 1.31. The summed E-state index contributed by atoms with van der Waals surface area (Å²) in [5.74, 6) is 0.608. The van der Waals surface area contributed by atoms with Gasteiger partial charge in [0.05, 0.1) is 0 Å². The lowest BCUT2D eigenvalue weighted by Gasteiger charge is -2.13. The van der Waals surface area contributed by atoms with E-state index in [-0.39, 0.29) is 12.7 Å². The van der Waals surface area contributed by atoms with Crippen LogP contribution in [-0.4, -0.2) is 24.8 Å². The second kappa shape index (κ2) is 7.60. The van der Waals surface area contributed by atoms with Gasteiger partial charge in [-0.05, 0) is 61.9 Å². The zero-order valence-electron chi connectivity index (χ0n) is 15.1. The van der Waals surface area contributed by atoms with Crippen molar-refractivity contribution in [2.75, 3.05) is 6.79 Å². The highest BCUT2D eigenvalue weighted by Crippen LogP contribution is 2.32. The molecule has 1 aromatic carbocycles. The molecule has 4 rings (SSSR count). The van der Waals surface area contributed by atoms with Gasteiger partial charge in [-0.15, -0.1) is 11.3 Å². The number of rotatable bonds is 5. The minimum atomic E-state index is -0.856. The van der Waals surface area contributed by atoms with Gasteiger partial charge in [0.1, 0.15) is 4.88 Å². The summed E-state index contributed by atoms with van der Waals surface area (Å²) in [5, 5.41) is 2.79. The molecule has 0 radical (unpaired) electrons. The number of thiophene rings is 1. The number of fused-ring (bicyclic) bond motifs is 2. The summed E-state index contributed by atoms with van der Waals surface area (Å²) >= 11 is 1.49. The SMILES string of the molecule is CC(OC(=O)c1cc2c(s1)CCCC2)C(=O)NCc1ccc2c(c1)OCO2. The first kappa shape index (κ1) is 17.9. The van der Waals surface area contributed by atoms with Gasteiger partial charge in [0.15, 0.2) is 17.6 Å². The van der Waals surface area contributed by atoms with Crippen LogP contribution in [-0.2, 0) is 28.9 Å². The van der Waals surface area contributed by atoms with Crippen LogP contribution in [0.4, 0.5) is 0 Å². The highest BCUT2D eigenvalue weighted by atomic mass is 32.1. The maximum absolute atomic E-state index is 12.4. The first-order valence-electron chi connectivity index (χ1n) is 9.09. The number of nitrogens with one attached hydrogen (secondary N) is 1. The molecule has 1 aromatic heterocycles. The van der Waals surface area contributed by atoms with Crippen molar-refractivity contribution in [3.63, 3.8) is 0 Å². The summed E-state index contributed by atoms with van der Waals surface area (Å²) < 4.78 is 15.9.